The molecule has 2 N–H and O–H groups in total. The van der Waals surface area contributed by atoms with E-state index in [2.05, 4.69) is 26.1 Å². The Labute approximate surface area is 144 Å². The zero-order valence-electron chi connectivity index (χ0n) is 13.9. The van der Waals surface area contributed by atoms with Crippen LogP contribution in [0.4, 0.5) is 10.2 Å². The fraction of sp³-hybridized carbons (Fsp3) is 0.353. The van der Waals surface area contributed by atoms with Crippen LogP contribution in [0.15, 0.2) is 18.5 Å². The molecule has 3 aromatic heterocycles. The fourth-order valence-corrected chi connectivity index (χ4v) is 2.74. The van der Waals surface area contributed by atoms with E-state index in [9.17, 15) is 9.65 Å². The quantitative estimate of drug-likeness (QED) is 0.690. The van der Waals surface area contributed by atoms with Crippen LogP contribution in [-0.4, -0.2) is 31.2 Å². The first kappa shape index (κ1) is 16.8. The molecule has 3 heterocycles. The SMILES string of the molecule is Cc1nc2ncnn2c(N)c1Cc1ccc(C#N)c(CCCCF)n1. The van der Waals surface area contributed by atoms with Crippen molar-refractivity contribution in [3.63, 3.8) is 0 Å². The highest BCUT2D eigenvalue weighted by molar-refractivity contribution is 5.50. The number of unbranched alkanes of at least 4 members (excludes halogenated alkanes) is 1. The lowest BCUT2D eigenvalue weighted by molar-refractivity contribution is 0.461. The van der Waals surface area contributed by atoms with E-state index in [1.54, 1.807) is 6.07 Å². The smallest absolute Gasteiger partial charge is 0.254 e. The van der Waals surface area contributed by atoms with Crippen molar-refractivity contribution in [3.8, 4) is 6.07 Å². The van der Waals surface area contributed by atoms with E-state index in [4.69, 9.17) is 5.73 Å². The summed E-state index contributed by atoms with van der Waals surface area (Å²) in [6.45, 7) is 1.51. The number of nitrogens with zero attached hydrogens (tertiary/aromatic N) is 6. The summed E-state index contributed by atoms with van der Waals surface area (Å²) in [5, 5.41) is 13.3. The molecule has 0 aliphatic heterocycles. The summed E-state index contributed by atoms with van der Waals surface area (Å²) in [4.78, 5) is 13.0. The van der Waals surface area contributed by atoms with Crippen LogP contribution >= 0.6 is 0 Å². The maximum absolute atomic E-state index is 12.3. The van der Waals surface area contributed by atoms with Crippen LogP contribution in [0.2, 0.25) is 0 Å². The van der Waals surface area contributed by atoms with E-state index >= 15 is 0 Å². The first-order chi connectivity index (χ1) is 12.1. The number of aromatic nitrogens is 5. The monoisotopic (exact) mass is 339 g/mol. The van der Waals surface area contributed by atoms with Gasteiger partial charge in [-0.15, -0.1) is 0 Å². The Morgan fingerprint density at radius 2 is 2.12 bits per heavy atom. The molecule has 0 aromatic carbocycles. The van der Waals surface area contributed by atoms with Gasteiger partial charge in [0, 0.05) is 23.4 Å². The van der Waals surface area contributed by atoms with Crippen LogP contribution in [0.3, 0.4) is 0 Å². The number of hydrogen-bond donors (Lipinski definition) is 1. The van der Waals surface area contributed by atoms with Gasteiger partial charge in [-0.05, 0) is 38.3 Å². The van der Waals surface area contributed by atoms with Crippen molar-refractivity contribution in [2.75, 3.05) is 12.4 Å². The summed E-state index contributed by atoms with van der Waals surface area (Å²) in [5.74, 6) is 0.934. The minimum Gasteiger partial charge on any atom is -0.383 e. The Hall–Kier alpha value is -3.08. The average Bonchev–Trinajstić information content (AvgIpc) is 3.07. The Morgan fingerprint density at radius 3 is 2.88 bits per heavy atom. The number of halogens is 1. The van der Waals surface area contributed by atoms with Gasteiger partial charge >= 0.3 is 0 Å². The molecule has 25 heavy (non-hydrogen) atoms. The molecular formula is C17H18FN7. The minimum atomic E-state index is -0.360. The third kappa shape index (κ3) is 3.40. The number of pyridine rings is 1. The van der Waals surface area contributed by atoms with Gasteiger partial charge in [-0.25, -0.2) is 4.98 Å². The lowest BCUT2D eigenvalue weighted by atomic mass is 10.0. The lowest BCUT2D eigenvalue weighted by Gasteiger charge is -2.11. The highest BCUT2D eigenvalue weighted by atomic mass is 19.1. The predicted molar refractivity (Wildman–Crippen MR) is 90.6 cm³/mol. The van der Waals surface area contributed by atoms with Crippen molar-refractivity contribution in [2.24, 2.45) is 0 Å². The summed E-state index contributed by atoms with van der Waals surface area (Å²) < 4.78 is 13.8. The molecular weight excluding hydrogens is 321 g/mol. The zero-order valence-corrected chi connectivity index (χ0v) is 13.9. The van der Waals surface area contributed by atoms with Crippen LogP contribution in [0.5, 0.6) is 0 Å². The molecule has 0 bridgehead atoms. The fourth-order valence-electron chi connectivity index (χ4n) is 2.74. The Bertz CT molecular complexity index is 942. The van der Waals surface area contributed by atoms with Gasteiger partial charge in [-0.2, -0.15) is 19.9 Å². The molecule has 0 fully saturated rings. The van der Waals surface area contributed by atoms with Crippen LogP contribution < -0.4 is 5.73 Å². The number of nitriles is 1. The summed E-state index contributed by atoms with van der Waals surface area (Å²) in [6.07, 6.45) is 3.59. The number of nitrogen functional groups attached to an aromatic ring is 1. The molecule has 0 atom stereocenters. The van der Waals surface area contributed by atoms with E-state index in [1.165, 1.54) is 10.8 Å². The Balaban J connectivity index is 1.93. The second kappa shape index (κ2) is 7.21. The number of nitrogens with two attached hydrogens (primary N) is 1. The van der Waals surface area contributed by atoms with E-state index in [0.29, 0.717) is 48.5 Å². The van der Waals surface area contributed by atoms with Gasteiger partial charge in [-0.1, -0.05) is 0 Å². The van der Waals surface area contributed by atoms with Crippen LogP contribution in [0, 0.1) is 18.3 Å². The zero-order chi connectivity index (χ0) is 17.8. The highest BCUT2D eigenvalue weighted by Gasteiger charge is 2.14. The summed E-state index contributed by atoms with van der Waals surface area (Å²) >= 11 is 0. The maximum atomic E-state index is 12.3. The van der Waals surface area contributed by atoms with E-state index in [0.717, 1.165) is 17.0 Å². The molecule has 0 unspecified atom stereocenters. The van der Waals surface area contributed by atoms with Gasteiger partial charge in [-0.3, -0.25) is 9.37 Å². The van der Waals surface area contributed by atoms with Crippen LogP contribution in [0.1, 0.15) is 41.1 Å². The molecule has 0 aliphatic carbocycles. The topological polar surface area (TPSA) is 106 Å². The molecule has 8 heteroatoms. The minimum absolute atomic E-state index is 0.360. The second-order valence-electron chi connectivity index (χ2n) is 5.76. The molecule has 0 aliphatic rings. The van der Waals surface area contributed by atoms with Gasteiger partial charge in [0.15, 0.2) is 0 Å². The van der Waals surface area contributed by atoms with Gasteiger partial charge < -0.3 is 5.73 Å². The normalized spacial score (nSPS) is 10.9. The average molecular weight is 339 g/mol. The molecule has 3 rings (SSSR count). The third-order valence-electron chi connectivity index (χ3n) is 4.08. The molecule has 3 aromatic rings. The number of hydrogen-bond acceptors (Lipinski definition) is 6. The summed E-state index contributed by atoms with van der Waals surface area (Å²) in [7, 11) is 0. The predicted octanol–water partition coefficient (Wildman–Crippen LogP) is 2.16. The van der Waals surface area contributed by atoms with Gasteiger partial charge in [0.25, 0.3) is 5.78 Å². The van der Waals surface area contributed by atoms with Crippen molar-refractivity contribution in [3.05, 3.63) is 46.7 Å². The van der Waals surface area contributed by atoms with Crippen molar-refractivity contribution in [1.29, 1.82) is 5.26 Å². The van der Waals surface area contributed by atoms with Crippen molar-refractivity contribution >= 4 is 11.6 Å². The Kier molecular flexibility index (Phi) is 4.84. The summed E-state index contributed by atoms with van der Waals surface area (Å²) in [6, 6.07) is 5.70. The lowest BCUT2D eigenvalue weighted by Crippen LogP contribution is -2.10. The van der Waals surface area contributed by atoms with Crippen LogP contribution in [0.25, 0.3) is 5.78 Å². The number of rotatable bonds is 6. The maximum Gasteiger partial charge on any atom is 0.254 e. The number of fused-ring (bicyclic) bond motifs is 1. The largest absolute Gasteiger partial charge is 0.383 e. The molecule has 0 amide bonds. The van der Waals surface area contributed by atoms with Gasteiger partial charge in [0.05, 0.1) is 17.9 Å². The molecule has 128 valence electrons. The second-order valence-corrected chi connectivity index (χ2v) is 5.76. The number of alkyl halides is 1. The van der Waals surface area contributed by atoms with Gasteiger partial charge in [0.2, 0.25) is 0 Å². The van der Waals surface area contributed by atoms with Crippen LogP contribution in [-0.2, 0) is 12.8 Å². The summed E-state index contributed by atoms with van der Waals surface area (Å²) in [5.41, 5.74) is 9.80. The van der Waals surface area contributed by atoms with Crippen molar-refractivity contribution in [1.82, 2.24) is 24.6 Å². The number of anilines is 1. The van der Waals surface area contributed by atoms with Crippen molar-refractivity contribution < 1.29 is 4.39 Å². The molecule has 0 spiro atoms. The number of aryl methyl sites for hydroxylation is 2. The first-order valence-electron chi connectivity index (χ1n) is 8.03. The van der Waals surface area contributed by atoms with E-state index in [1.807, 2.05) is 13.0 Å². The molecule has 7 nitrogen and oxygen atoms in total. The Morgan fingerprint density at radius 1 is 1.28 bits per heavy atom. The molecule has 0 saturated heterocycles. The standard InChI is InChI=1S/C17H18FN7/c1-11-14(16(20)25-17(23-11)21-10-22-25)8-13-6-5-12(9-19)15(24-13)4-2-3-7-18/h5-6,10H,2-4,7-8,20H2,1H3. The van der Waals surface area contributed by atoms with E-state index < -0.39 is 0 Å². The first-order valence-corrected chi connectivity index (χ1v) is 8.03. The molecule has 0 saturated carbocycles. The third-order valence-corrected chi connectivity index (χ3v) is 4.08. The van der Waals surface area contributed by atoms with Crippen molar-refractivity contribution in [2.45, 2.75) is 32.6 Å². The molecule has 0 radical (unpaired) electrons. The van der Waals surface area contributed by atoms with E-state index in [-0.39, 0.29) is 6.67 Å². The highest BCUT2D eigenvalue weighted by Crippen LogP contribution is 2.20. The van der Waals surface area contributed by atoms with Gasteiger partial charge in [0.1, 0.15) is 18.2 Å².